The van der Waals surface area contributed by atoms with Crippen LogP contribution in [0.2, 0.25) is 0 Å². The average molecular weight is 423 g/mol. The van der Waals surface area contributed by atoms with Crippen molar-refractivity contribution in [1.29, 1.82) is 0 Å². The van der Waals surface area contributed by atoms with Crippen LogP contribution in [0.3, 0.4) is 0 Å². The van der Waals surface area contributed by atoms with Gasteiger partial charge in [-0.05, 0) is 51.0 Å². The number of carbonyl (C=O) groups is 4. The van der Waals surface area contributed by atoms with Gasteiger partial charge in [-0.25, -0.2) is 4.79 Å². The van der Waals surface area contributed by atoms with Gasteiger partial charge >= 0.3 is 5.97 Å². The van der Waals surface area contributed by atoms with E-state index < -0.39 is 24.1 Å². The Kier molecular flexibility index (Phi) is 7.33. The zero-order valence-electron chi connectivity index (χ0n) is 17.9. The molecule has 168 valence electrons. The predicted octanol–water partition coefficient (Wildman–Crippen LogP) is 0.336. The first kappa shape index (κ1) is 22.5. The molecule has 3 amide bonds. The van der Waals surface area contributed by atoms with Crippen LogP contribution < -0.4 is 10.6 Å². The molecule has 0 aromatic rings. The molecule has 5 atom stereocenters. The molecule has 0 aromatic carbocycles. The number of nitrogens with one attached hydrogen (secondary N) is 2. The molecule has 9 heteroatoms. The summed E-state index contributed by atoms with van der Waals surface area (Å²) in [6.45, 7) is 5.56. The lowest BCUT2D eigenvalue weighted by atomic mass is 9.96. The quantitative estimate of drug-likeness (QED) is 0.544. The molecule has 0 bridgehead atoms. The van der Waals surface area contributed by atoms with Crippen LogP contribution in [0.4, 0.5) is 0 Å². The van der Waals surface area contributed by atoms with E-state index in [2.05, 4.69) is 10.6 Å². The van der Waals surface area contributed by atoms with Crippen molar-refractivity contribution in [3.05, 3.63) is 0 Å². The van der Waals surface area contributed by atoms with E-state index in [0.717, 1.165) is 19.4 Å². The highest BCUT2D eigenvalue weighted by Gasteiger charge is 2.44. The molecule has 0 aromatic heterocycles. The van der Waals surface area contributed by atoms with Crippen LogP contribution in [-0.2, 0) is 19.2 Å². The maximum absolute atomic E-state index is 13.4. The number of hydrogen-bond acceptors (Lipinski definition) is 5. The molecule has 3 saturated heterocycles. The number of carbonyl (C=O) groups excluding carboxylic acids is 3. The van der Waals surface area contributed by atoms with Crippen molar-refractivity contribution < 1.29 is 24.3 Å². The summed E-state index contributed by atoms with van der Waals surface area (Å²) >= 11 is 0. The van der Waals surface area contributed by atoms with Gasteiger partial charge in [-0.2, -0.15) is 0 Å². The van der Waals surface area contributed by atoms with Crippen LogP contribution in [0.15, 0.2) is 0 Å². The lowest BCUT2D eigenvalue weighted by Crippen LogP contribution is -2.58. The van der Waals surface area contributed by atoms with Gasteiger partial charge in [0, 0.05) is 13.1 Å². The topological polar surface area (TPSA) is 119 Å². The number of carboxylic acid groups (broad SMARTS) is 1. The van der Waals surface area contributed by atoms with Crippen molar-refractivity contribution in [2.75, 3.05) is 19.6 Å². The molecular formula is C21H34N4O5. The van der Waals surface area contributed by atoms with E-state index in [9.17, 15) is 24.3 Å². The fourth-order valence-electron chi connectivity index (χ4n) is 4.79. The summed E-state index contributed by atoms with van der Waals surface area (Å²) in [7, 11) is 0. The van der Waals surface area contributed by atoms with Crippen molar-refractivity contribution in [1.82, 2.24) is 20.4 Å². The normalized spacial score (nSPS) is 28.4. The molecule has 5 unspecified atom stereocenters. The molecule has 30 heavy (non-hydrogen) atoms. The highest BCUT2D eigenvalue weighted by Crippen LogP contribution is 2.26. The fraction of sp³-hybridized carbons (Fsp3) is 0.810. The molecule has 0 radical (unpaired) electrons. The van der Waals surface area contributed by atoms with E-state index in [1.165, 1.54) is 4.90 Å². The Morgan fingerprint density at radius 1 is 1.03 bits per heavy atom. The second-order valence-corrected chi connectivity index (χ2v) is 8.74. The molecule has 0 spiro atoms. The first-order chi connectivity index (χ1) is 14.3. The molecule has 3 rings (SSSR count). The van der Waals surface area contributed by atoms with Gasteiger partial charge < -0.3 is 25.5 Å². The molecule has 0 saturated carbocycles. The molecule has 9 nitrogen and oxygen atoms in total. The Labute approximate surface area is 177 Å². The van der Waals surface area contributed by atoms with Gasteiger partial charge in [0.05, 0.1) is 6.04 Å². The number of aliphatic carboxylic acids is 1. The number of likely N-dealkylation sites (tertiary alicyclic amines) is 2. The van der Waals surface area contributed by atoms with Gasteiger partial charge in [-0.15, -0.1) is 0 Å². The minimum absolute atomic E-state index is 0.0715. The first-order valence-corrected chi connectivity index (χ1v) is 11.2. The van der Waals surface area contributed by atoms with Crippen molar-refractivity contribution in [2.45, 2.75) is 83.0 Å². The maximum Gasteiger partial charge on any atom is 0.326 e. The second-order valence-electron chi connectivity index (χ2n) is 8.74. The highest BCUT2D eigenvalue weighted by atomic mass is 16.4. The zero-order valence-corrected chi connectivity index (χ0v) is 17.9. The number of rotatable bonds is 7. The SMILES string of the molecule is CCC(C)C(NC(=O)C1CCCN1)C(=O)N1CCCC1C(=O)N1CCCC1C(=O)O. The third-order valence-corrected chi connectivity index (χ3v) is 6.80. The summed E-state index contributed by atoms with van der Waals surface area (Å²) in [5.74, 6) is -1.75. The van der Waals surface area contributed by atoms with Crippen LogP contribution in [0.1, 0.15) is 58.8 Å². The molecule has 0 aliphatic carbocycles. The molecule has 3 N–H and O–H groups in total. The van der Waals surface area contributed by atoms with Crippen molar-refractivity contribution in [2.24, 2.45) is 5.92 Å². The summed E-state index contributed by atoms with van der Waals surface area (Å²) in [5, 5.41) is 15.5. The summed E-state index contributed by atoms with van der Waals surface area (Å²) < 4.78 is 0. The van der Waals surface area contributed by atoms with Gasteiger partial charge in [0.25, 0.3) is 0 Å². The van der Waals surface area contributed by atoms with Gasteiger partial charge in [-0.1, -0.05) is 20.3 Å². The molecule has 3 aliphatic heterocycles. The van der Waals surface area contributed by atoms with Crippen molar-refractivity contribution in [3.63, 3.8) is 0 Å². The average Bonchev–Trinajstić information content (AvgIpc) is 3.50. The molecular weight excluding hydrogens is 388 g/mol. The molecule has 3 aliphatic rings. The van der Waals surface area contributed by atoms with Gasteiger partial charge in [0.15, 0.2) is 0 Å². The summed E-state index contributed by atoms with van der Waals surface area (Å²) in [4.78, 5) is 53.7. The van der Waals surface area contributed by atoms with Crippen LogP contribution in [-0.4, -0.2) is 82.4 Å². The minimum atomic E-state index is -0.995. The van der Waals surface area contributed by atoms with Crippen molar-refractivity contribution >= 4 is 23.7 Å². The largest absolute Gasteiger partial charge is 0.480 e. The van der Waals surface area contributed by atoms with Crippen LogP contribution in [0, 0.1) is 5.92 Å². The Morgan fingerprint density at radius 3 is 2.30 bits per heavy atom. The van der Waals surface area contributed by atoms with E-state index in [-0.39, 0.29) is 29.7 Å². The lowest BCUT2D eigenvalue weighted by molar-refractivity contribution is -0.152. The van der Waals surface area contributed by atoms with E-state index in [0.29, 0.717) is 45.2 Å². The summed E-state index contributed by atoms with van der Waals surface area (Å²) in [5.41, 5.74) is 0. The van der Waals surface area contributed by atoms with E-state index in [4.69, 9.17) is 0 Å². The number of amides is 3. The summed E-state index contributed by atoms with van der Waals surface area (Å²) in [6, 6.07) is -2.42. The Bertz CT molecular complexity index is 678. The van der Waals surface area contributed by atoms with Gasteiger partial charge in [0.1, 0.15) is 18.1 Å². The minimum Gasteiger partial charge on any atom is -0.480 e. The highest BCUT2D eigenvalue weighted by molar-refractivity contribution is 5.95. The Morgan fingerprint density at radius 2 is 1.70 bits per heavy atom. The van der Waals surface area contributed by atoms with Crippen LogP contribution >= 0.6 is 0 Å². The number of nitrogens with zero attached hydrogens (tertiary/aromatic N) is 2. The summed E-state index contributed by atoms with van der Waals surface area (Å²) in [6.07, 6.45) is 4.73. The smallest absolute Gasteiger partial charge is 0.326 e. The predicted molar refractivity (Wildman–Crippen MR) is 110 cm³/mol. The maximum atomic E-state index is 13.4. The fourth-order valence-corrected chi connectivity index (χ4v) is 4.79. The van der Waals surface area contributed by atoms with E-state index in [1.807, 2.05) is 13.8 Å². The van der Waals surface area contributed by atoms with Crippen LogP contribution in [0.25, 0.3) is 0 Å². The van der Waals surface area contributed by atoms with Crippen molar-refractivity contribution in [3.8, 4) is 0 Å². The standard InChI is InChI=1S/C21H34N4O5/c1-3-13(2)17(23-18(26)14-7-4-10-22-14)20(28)24-11-5-8-15(24)19(27)25-12-6-9-16(25)21(29)30/h13-17,22H,3-12H2,1-2H3,(H,23,26)(H,29,30). The van der Waals surface area contributed by atoms with Gasteiger partial charge in [0.2, 0.25) is 17.7 Å². The second kappa shape index (κ2) is 9.76. The lowest BCUT2D eigenvalue weighted by Gasteiger charge is -2.34. The molecule has 3 heterocycles. The Hall–Kier alpha value is -2.16. The van der Waals surface area contributed by atoms with Crippen LogP contribution in [0.5, 0.6) is 0 Å². The van der Waals surface area contributed by atoms with E-state index in [1.54, 1.807) is 4.90 Å². The number of carboxylic acids is 1. The Balaban J connectivity index is 1.73. The first-order valence-electron chi connectivity index (χ1n) is 11.2. The molecule has 3 fully saturated rings. The third-order valence-electron chi connectivity index (χ3n) is 6.80. The third kappa shape index (κ3) is 4.61. The monoisotopic (exact) mass is 422 g/mol. The zero-order chi connectivity index (χ0) is 21.8. The number of hydrogen-bond donors (Lipinski definition) is 3. The van der Waals surface area contributed by atoms with Gasteiger partial charge in [-0.3, -0.25) is 14.4 Å². The van der Waals surface area contributed by atoms with E-state index >= 15 is 0 Å².